The molecule has 0 aliphatic carbocycles. The first-order valence-electron chi connectivity index (χ1n) is 12.9. The van der Waals surface area contributed by atoms with Gasteiger partial charge in [0.2, 0.25) is 0 Å². The van der Waals surface area contributed by atoms with Crippen molar-refractivity contribution in [3.05, 3.63) is 78.4 Å². The molecule has 9 nitrogen and oxygen atoms in total. The van der Waals surface area contributed by atoms with E-state index in [1.807, 2.05) is 32.0 Å². The SMILES string of the molecule is CCOc1ccc(N(CC(=O)N/N=C(/C)CC(C)(C)c2ccccc2)S(=O)(=O)c2ccc(OC)c(OC)c2)cc1. The second-order valence-corrected chi connectivity index (χ2v) is 11.6. The highest BCUT2D eigenvalue weighted by atomic mass is 32.2. The molecule has 3 rings (SSSR count). The molecule has 3 aromatic rings. The van der Waals surface area contributed by atoms with Crippen LogP contribution in [0, 0.1) is 0 Å². The highest BCUT2D eigenvalue weighted by molar-refractivity contribution is 7.92. The fraction of sp³-hybridized carbons (Fsp3) is 0.333. The number of nitrogens with one attached hydrogen (secondary N) is 1. The van der Waals surface area contributed by atoms with E-state index >= 15 is 0 Å². The molecule has 1 amide bonds. The van der Waals surface area contributed by atoms with Gasteiger partial charge in [-0.15, -0.1) is 0 Å². The van der Waals surface area contributed by atoms with Crippen molar-refractivity contribution < 1.29 is 27.4 Å². The largest absolute Gasteiger partial charge is 0.494 e. The van der Waals surface area contributed by atoms with Crippen molar-refractivity contribution in [2.24, 2.45) is 5.10 Å². The first-order valence-corrected chi connectivity index (χ1v) is 14.3. The Balaban J connectivity index is 1.87. The Bertz CT molecular complexity index is 1420. The van der Waals surface area contributed by atoms with Crippen molar-refractivity contribution in [2.45, 2.75) is 44.4 Å². The lowest BCUT2D eigenvalue weighted by molar-refractivity contribution is -0.119. The molecule has 3 aromatic carbocycles. The van der Waals surface area contributed by atoms with Crippen molar-refractivity contribution in [1.82, 2.24) is 5.43 Å². The normalized spacial score (nSPS) is 12.0. The molecule has 0 saturated carbocycles. The fourth-order valence-electron chi connectivity index (χ4n) is 4.29. The number of anilines is 1. The summed E-state index contributed by atoms with van der Waals surface area (Å²) in [6, 6.07) is 20.8. The van der Waals surface area contributed by atoms with Gasteiger partial charge in [-0.1, -0.05) is 44.2 Å². The summed E-state index contributed by atoms with van der Waals surface area (Å²) in [6.45, 7) is 7.86. The van der Waals surface area contributed by atoms with Crippen molar-refractivity contribution in [3.63, 3.8) is 0 Å². The molecular weight excluding hydrogens is 530 g/mol. The van der Waals surface area contributed by atoms with Crippen LogP contribution in [0.2, 0.25) is 0 Å². The number of nitrogens with zero attached hydrogens (tertiary/aromatic N) is 2. The number of ether oxygens (including phenoxy) is 3. The van der Waals surface area contributed by atoms with E-state index in [2.05, 4.69) is 36.5 Å². The first-order chi connectivity index (χ1) is 19.0. The molecule has 0 saturated heterocycles. The van der Waals surface area contributed by atoms with E-state index in [0.717, 1.165) is 9.87 Å². The number of carbonyl (C=O) groups excluding carboxylic acids is 1. The van der Waals surface area contributed by atoms with Crippen molar-refractivity contribution in [1.29, 1.82) is 0 Å². The van der Waals surface area contributed by atoms with Gasteiger partial charge < -0.3 is 14.2 Å². The highest BCUT2D eigenvalue weighted by Crippen LogP contribution is 2.33. The summed E-state index contributed by atoms with van der Waals surface area (Å²) in [5.41, 5.74) is 4.47. The number of carbonyl (C=O) groups is 1. The number of hydrazone groups is 1. The van der Waals surface area contributed by atoms with Crippen LogP contribution in [-0.2, 0) is 20.2 Å². The van der Waals surface area contributed by atoms with Gasteiger partial charge in [-0.25, -0.2) is 13.8 Å². The number of benzene rings is 3. The number of amides is 1. The molecule has 0 bridgehead atoms. The van der Waals surface area contributed by atoms with Crippen LogP contribution in [0.1, 0.15) is 39.7 Å². The molecular formula is C30H37N3O6S. The highest BCUT2D eigenvalue weighted by Gasteiger charge is 2.29. The van der Waals surface area contributed by atoms with E-state index < -0.39 is 22.5 Å². The Morgan fingerprint density at radius 1 is 0.950 bits per heavy atom. The Morgan fingerprint density at radius 2 is 1.60 bits per heavy atom. The lowest BCUT2D eigenvalue weighted by Gasteiger charge is -2.25. The molecule has 0 aliphatic rings. The van der Waals surface area contributed by atoms with E-state index in [9.17, 15) is 13.2 Å². The van der Waals surface area contributed by atoms with Gasteiger partial charge >= 0.3 is 0 Å². The zero-order chi connectivity index (χ0) is 29.3. The lowest BCUT2D eigenvalue weighted by Crippen LogP contribution is -2.39. The maximum Gasteiger partial charge on any atom is 0.264 e. The van der Waals surface area contributed by atoms with Crippen LogP contribution in [0.15, 0.2) is 82.8 Å². The van der Waals surface area contributed by atoms with Gasteiger partial charge in [0, 0.05) is 11.8 Å². The number of rotatable bonds is 13. The van der Waals surface area contributed by atoms with Gasteiger partial charge in [0.05, 0.1) is 31.4 Å². The van der Waals surface area contributed by atoms with Gasteiger partial charge in [-0.3, -0.25) is 9.10 Å². The maximum atomic E-state index is 13.8. The van der Waals surface area contributed by atoms with E-state index in [-0.39, 0.29) is 16.1 Å². The third kappa shape index (κ3) is 7.53. The number of methoxy groups -OCH3 is 2. The van der Waals surface area contributed by atoms with Crippen LogP contribution >= 0.6 is 0 Å². The van der Waals surface area contributed by atoms with Crippen LogP contribution in [0.4, 0.5) is 5.69 Å². The van der Waals surface area contributed by atoms with E-state index in [1.165, 1.54) is 32.4 Å². The zero-order valence-electron chi connectivity index (χ0n) is 23.8. The minimum atomic E-state index is -4.19. The van der Waals surface area contributed by atoms with Crippen molar-refractivity contribution in [3.8, 4) is 17.2 Å². The van der Waals surface area contributed by atoms with Gasteiger partial charge in [-0.05, 0) is 67.6 Å². The minimum Gasteiger partial charge on any atom is -0.494 e. The molecule has 0 atom stereocenters. The van der Waals surface area contributed by atoms with E-state index in [4.69, 9.17) is 14.2 Å². The quantitative estimate of drug-likeness (QED) is 0.226. The summed E-state index contributed by atoms with van der Waals surface area (Å²) < 4.78 is 44.7. The molecule has 0 fully saturated rings. The van der Waals surface area contributed by atoms with Gasteiger partial charge in [0.25, 0.3) is 15.9 Å². The predicted molar refractivity (Wildman–Crippen MR) is 157 cm³/mol. The van der Waals surface area contributed by atoms with Crippen LogP contribution in [0.5, 0.6) is 17.2 Å². The minimum absolute atomic E-state index is 0.0591. The molecule has 10 heteroatoms. The average Bonchev–Trinajstić information content (AvgIpc) is 2.95. The average molecular weight is 568 g/mol. The third-order valence-electron chi connectivity index (χ3n) is 6.29. The van der Waals surface area contributed by atoms with Crippen LogP contribution in [-0.4, -0.2) is 47.4 Å². The molecule has 214 valence electrons. The molecule has 40 heavy (non-hydrogen) atoms. The summed E-state index contributed by atoms with van der Waals surface area (Å²) in [6.07, 6.45) is 0.601. The smallest absolute Gasteiger partial charge is 0.264 e. The Hall–Kier alpha value is -4.05. The molecule has 0 aromatic heterocycles. The number of hydrogen-bond acceptors (Lipinski definition) is 7. The van der Waals surface area contributed by atoms with Gasteiger partial charge in [-0.2, -0.15) is 5.10 Å². The van der Waals surface area contributed by atoms with Gasteiger partial charge in [0.1, 0.15) is 12.3 Å². The summed E-state index contributed by atoms with van der Waals surface area (Å²) in [5, 5.41) is 4.26. The van der Waals surface area contributed by atoms with Crippen LogP contribution in [0.25, 0.3) is 0 Å². The first kappa shape index (κ1) is 30.5. The predicted octanol–water partition coefficient (Wildman–Crippen LogP) is 5.16. The Kier molecular flexibility index (Phi) is 10.2. The molecule has 0 heterocycles. The zero-order valence-corrected chi connectivity index (χ0v) is 24.6. The molecule has 0 unspecified atom stereocenters. The van der Waals surface area contributed by atoms with Crippen LogP contribution < -0.4 is 23.9 Å². The topological polar surface area (TPSA) is 107 Å². The van der Waals surface area contributed by atoms with E-state index in [0.29, 0.717) is 35.9 Å². The van der Waals surface area contributed by atoms with E-state index in [1.54, 1.807) is 24.3 Å². The van der Waals surface area contributed by atoms with Gasteiger partial charge in [0.15, 0.2) is 11.5 Å². The number of hydrogen-bond donors (Lipinski definition) is 1. The standard InChI is InChI=1S/C30H37N3O6S/c1-7-39-25-15-13-24(14-16-25)33(40(35,36)26-17-18-27(37-5)28(19-26)38-6)21-29(34)32-31-22(2)20-30(3,4)23-11-9-8-10-12-23/h8-19H,7,20-21H2,1-6H3,(H,32,34)/b31-22-. The molecule has 1 N–H and O–H groups in total. The monoisotopic (exact) mass is 567 g/mol. The van der Waals surface area contributed by atoms with Crippen molar-refractivity contribution in [2.75, 3.05) is 31.7 Å². The lowest BCUT2D eigenvalue weighted by atomic mass is 9.80. The second-order valence-electron chi connectivity index (χ2n) is 9.76. The van der Waals surface area contributed by atoms with Crippen molar-refractivity contribution >= 4 is 27.3 Å². The second kappa shape index (κ2) is 13.3. The third-order valence-corrected chi connectivity index (χ3v) is 8.06. The Labute approximate surface area is 236 Å². The maximum absolute atomic E-state index is 13.8. The summed E-state index contributed by atoms with van der Waals surface area (Å²) in [7, 11) is -1.30. The fourth-order valence-corrected chi connectivity index (χ4v) is 5.73. The summed E-state index contributed by atoms with van der Waals surface area (Å²) in [4.78, 5) is 13.0. The molecule has 0 radical (unpaired) electrons. The molecule has 0 aliphatic heterocycles. The van der Waals surface area contributed by atoms with Crippen LogP contribution in [0.3, 0.4) is 0 Å². The Morgan fingerprint density at radius 3 is 2.20 bits per heavy atom. The summed E-state index contributed by atoms with van der Waals surface area (Å²) in [5.74, 6) is 0.631. The molecule has 0 spiro atoms. The number of sulfonamides is 1. The summed E-state index contributed by atoms with van der Waals surface area (Å²) >= 11 is 0.